The lowest BCUT2D eigenvalue weighted by Crippen LogP contribution is -2.09. The lowest BCUT2D eigenvalue weighted by Gasteiger charge is -2.10. The zero-order valence-corrected chi connectivity index (χ0v) is 11.4. The molecule has 18 heavy (non-hydrogen) atoms. The topological polar surface area (TPSA) is 29.9 Å². The van der Waals surface area contributed by atoms with Gasteiger partial charge >= 0.3 is 0 Å². The molecule has 0 aliphatic carbocycles. The van der Waals surface area contributed by atoms with Crippen LogP contribution in [0.5, 0.6) is 0 Å². The van der Waals surface area contributed by atoms with Crippen molar-refractivity contribution in [3.63, 3.8) is 0 Å². The van der Waals surface area contributed by atoms with Crippen LogP contribution >= 0.6 is 0 Å². The Bertz CT molecular complexity index is 514. The van der Waals surface area contributed by atoms with E-state index in [0.29, 0.717) is 0 Å². The molecule has 2 rings (SSSR count). The fraction of sp³-hybridized carbons (Fsp3) is 0.400. The molecule has 1 N–H and O–H groups in total. The second kappa shape index (κ2) is 5.71. The van der Waals surface area contributed by atoms with Crippen LogP contribution in [0, 0.1) is 13.8 Å². The van der Waals surface area contributed by atoms with E-state index in [1.54, 1.807) is 0 Å². The Balaban J connectivity index is 2.02. The predicted octanol–water partition coefficient (Wildman–Crippen LogP) is 3.52. The number of rotatable bonds is 5. The molecule has 2 aromatic rings. The highest BCUT2D eigenvalue weighted by atomic mass is 15.3. The zero-order chi connectivity index (χ0) is 13.0. The third kappa shape index (κ3) is 2.92. The average molecular weight is 243 g/mol. The molecule has 0 aliphatic heterocycles. The van der Waals surface area contributed by atoms with Gasteiger partial charge < -0.3 is 5.32 Å². The first kappa shape index (κ1) is 12.7. The van der Waals surface area contributed by atoms with Gasteiger partial charge in [0.1, 0.15) is 0 Å². The van der Waals surface area contributed by atoms with Crippen LogP contribution in [0.2, 0.25) is 0 Å². The minimum absolute atomic E-state index is 0.822. The van der Waals surface area contributed by atoms with E-state index in [2.05, 4.69) is 60.1 Å². The van der Waals surface area contributed by atoms with E-state index in [1.165, 1.54) is 22.5 Å². The van der Waals surface area contributed by atoms with Gasteiger partial charge in [-0.3, -0.25) is 4.68 Å². The smallest absolute Gasteiger partial charge is 0.0575 e. The normalized spacial score (nSPS) is 10.6. The van der Waals surface area contributed by atoms with Gasteiger partial charge in [-0.05, 0) is 49.6 Å². The Morgan fingerprint density at radius 3 is 2.72 bits per heavy atom. The molecule has 0 spiro atoms. The largest absolute Gasteiger partial charge is 0.379 e. The molecule has 0 atom stereocenters. The number of nitrogens with one attached hydrogen (secondary N) is 1. The van der Waals surface area contributed by atoms with E-state index >= 15 is 0 Å². The maximum Gasteiger partial charge on any atom is 0.0575 e. The summed E-state index contributed by atoms with van der Waals surface area (Å²) in [6.45, 7) is 8.25. The highest BCUT2D eigenvalue weighted by Crippen LogP contribution is 2.15. The van der Waals surface area contributed by atoms with Crippen LogP contribution < -0.4 is 5.32 Å². The predicted molar refractivity (Wildman–Crippen MR) is 75.8 cm³/mol. The first-order chi connectivity index (χ1) is 8.70. The molecular weight excluding hydrogens is 222 g/mol. The van der Waals surface area contributed by atoms with Gasteiger partial charge in [0.25, 0.3) is 0 Å². The molecule has 0 fully saturated rings. The Hall–Kier alpha value is -1.77. The molecule has 0 amide bonds. The Morgan fingerprint density at radius 1 is 1.17 bits per heavy atom. The Kier molecular flexibility index (Phi) is 4.03. The fourth-order valence-electron chi connectivity index (χ4n) is 1.97. The molecule has 3 heteroatoms. The minimum Gasteiger partial charge on any atom is -0.379 e. The fourth-order valence-corrected chi connectivity index (χ4v) is 1.97. The highest BCUT2D eigenvalue weighted by Gasteiger charge is 2.02. The Morgan fingerprint density at radius 2 is 2.00 bits per heavy atom. The van der Waals surface area contributed by atoms with E-state index in [-0.39, 0.29) is 0 Å². The maximum atomic E-state index is 4.33. The summed E-state index contributed by atoms with van der Waals surface area (Å²) in [5.41, 5.74) is 5.05. The van der Waals surface area contributed by atoms with E-state index in [1.807, 2.05) is 6.20 Å². The SMILES string of the molecule is CCCn1nccc1CNc1ccc(C)c(C)c1. The summed E-state index contributed by atoms with van der Waals surface area (Å²) in [6, 6.07) is 8.55. The summed E-state index contributed by atoms with van der Waals surface area (Å²) in [5, 5.41) is 7.78. The number of nitrogens with zero attached hydrogens (tertiary/aromatic N) is 2. The number of hydrogen-bond donors (Lipinski definition) is 1. The quantitative estimate of drug-likeness (QED) is 0.870. The summed E-state index contributed by atoms with van der Waals surface area (Å²) >= 11 is 0. The van der Waals surface area contributed by atoms with Gasteiger partial charge in [-0.25, -0.2) is 0 Å². The number of aryl methyl sites for hydroxylation is 3. The van der Waals surface area contributed by atoms with E-state index < -0.39 is 0 Å². The van der Waals surface area contributed by atoms with Crippen LogP contribution in [0.4, 0.5) is 5.69 Å². The Labute approximate surface area is 109 Å². The monoisotopic (exact) mass is 243 g/mol. The second-order valence-corrected chi connectivity index (χ2v) is 4.70. The van der Waals surface area contributed by atoms with Gasteiger partial charge in [0.05, 0.1) is 12.2 Å². The molecular formula is C15H21N3. The van der Waals surface area contributed by atoms with Crippen molar-refractivity contribution in [2.75, 3.05) is 5.32 Å². The molecule has 0 radical (unpaired) electrons. The molecule has 0 saturated heterocycles. The van der Waals surface area contributed by atoms with Crippen LogP contribution in [0.1, 0.15) is 30.2 Å². The molecule has 0 saturated carbocycles. The van der Waals surface area contributed by atoms with Gasteiger partial charge in [-0.15, -0.1) is 0 Å². The van der Waals surface area contributed by atoms with Crippen LogP contribution in [0.3, 0.4) is 0 Å². The molecule has 1 aromatic carbocycles. The first-order valence-corrected chi connectivity index (χ1v) is 6.52. The van der Waals surface area contributed by atoms with Crippen LogP contribution in [-0.4, -0.2) is 9.78 Å². The summed E-state index contributed by atoms with van der Waals surface area (Å²) in [5.74, 6) is 0. The summed E-state index contributed by atoms with van der Waals surface area (Å²) in [4.78, 5) is 0. The summed E-state index contributed by atoms with van der Waals surface area (Å²) < 4.78 is 2.06. The average Bonchev–Trinajstić information content (AvgIpc) is 2.79. The molecule has 96 valence electrons. The van der Waals surface area contributed by atoms with Crippen molar-refractivity contribution in [2.45, 2.75) is 40.3 Å². The molecule has 0 aliphatic rings. The third-order valence-electron chi connectivity index (χ3n) is 3.22. The summed E-state index contributed by atoms with van der Waals surface area (Å²) in [6.07, 6.45) is 2.98. The van der Waals surface area contributed by atoms with Gasteiger partial charge in [0.15, 0.2) is 0 Å². The molecule has 0 unspecified atom stereocenters. The molecule has 0 bridgehead atoms. The van der Waals surface area contributed by atoms with Gasteiger partial charge in [-0.2, -0.15) is 5.10 Å². The van der Waals surface area contributed by atoms with Crippen molar-refractivity contribution in [1.82, 2.24) is 9.78 Å². The van der Waals surface area contributed by atoms with Crippen molar-refractivity contribution in [3.05, 3.63) is 47.3 Å². The van der Waals surface area contributed by atoms with Gasteiger partial charge in [-0.1, -0.05) is 13.0 Å². The van der Waals surface area contributed by atoms with Crippen molar-refractivity contribution in [2.24, 2.45) is 0 Å². The number of benzene rings is 1. The van der Waals surface area contributed by atoms with Gasteiger partial charge in [0.2, 0.25) is 0 Å². The number of anilines is 1. The van der Waals surface area contributed by atoms with Crippen molar-refractivity contribution in [3.8, 4) is 0 Å². The maximum absolute atomic E-state index is 4.33. The van der Waals surface area contributed by atoms with E-state index in [4.69, 9.17) is 0 Å². The molecule has 3 nitrogen and oxygen atoms in total. The number of aromatic nitrogens is 2. The molecule has 1 heterocycles. The third-order valence-corrected chi connectivity index (χ3v) is 3.22. The summed E-state index contributed by atoms with van der Waals surface area (Å²) in [7, 11) is 0. The van der Waals surface area contributed by atoms with E-state index in [0.717, 1.165) is 19.5 Å². The van der Waals surface area contributed by atoms with Crippen LogP contribution in [0.15, 0.2) is 30.5 Å². The molecule has 1 aromatic heterocycles. The standard InChI is InChI=1S/C15H21N3/c1-4-9-18-15(7-8-17-18)11-16-14-6-5-12(2)13(3)10-14/h5-8,10,16H,4,9,11H2,1-3H3. The van der Waals surface area contributed by atoms with Crippen molar-refractivity contribution >= 4 is 5.69 Å². The highest BCUT2D eigenvalue weighted by molar-refractivity contribution is 5.48. The first-order valence-electron chi connectivity index (χ1n) is 6.52. The van der Waals surface area contributed by atoms with E-state index in [9.17, 15) is 0 Å². The second-order valence-electron chi connectivity index (χ2n) is 4.70. The van der Waals surface area contributed by atoms with Crippen molar-refractivity contribution < 1.29 is 0 Å². The number of hydrogen-bond acceptors (Lipinski definition) is 2. The van der Waals surface area contributed by atoms with Crippen molar-refractivity contribution in [1.29, 1.82) is 0 Å². The lowest BCUT2D eigenvalue weighted by atomic mass is 10.1. The minimum atomic E-state index is 0.822. The van der Waals surface area contributed by atoms with Gasteiger partial charge in [0, 0.05) is 18.4 Å². The lowest BCUT2D eigenvalue weighted by molar-refractivity contribution is 0.578. The van der Waals surface area contributed by atoms with Crippen LogP contribution in [0.25, 0.3) is 0 Å². The zero-order valence-electron chi connectivity index (χ0n) is 11.4. The van der Waals surface area contributed by atoms with Crippen LogP contribution in [-0.2, 0) is 13.1 Å².